The third-order valence-corrected chi connectivity index (χ3v) is 3.73. The van der Waals surface area contributed by atoms with Gasteiger partial charge in [0.15, 0.2) is 0 Å². The summed E-state index contributed by atoms with van der Waals surface area (Å²) >= 11 is 0. The van der Waals surface area contributed by atoms with Gasteiger partial charge in [-0.3, -0.25) is 4.79 Å². The van der Waals surface area contributed by atoms with Crippen molar-refractivity contribution in [2.45, 2.75) is 6.92 Å². The second kappa shape index (κ2) is 6.01. The maximum atomic E-state index is 11.6. The smallest absolute Gasteiger partial charge is 0.221 e. The normalized spacial score (nSPS) is 10.5. The van der Waals surface area contributed by atoms with Crippen LogP contribution in [0.2, 0.25) is 0 Å². The van der Waals surface area contributed by atoms with Crippen molar-refractivity contribution >= 4 is 28.1 Å². The summed E-state index contributed by atoms with van der Waals surface area (Å²) in [5, 5.41) is 3.87. The molecule has 1 heterocycles. The first-order valence-corrected chi connectivity index (χ1v) is 7.32. The first-order chi connectivity index (χ1) is 11.1. The van der Waals surface area contributed by atoms with E-state index < -0.39 is 0 Å². The van der Waals surface area contributed by atoms with Gasteiger partial charge in [-0.1, -0.05) is 36.9 Å². The molecule has 0 aliphatic rings. The number of rotatable bonds is 4. The molecule has 1 amide bonds. The van der Waals surface area contributed by atoms with Crippen LogP contribution in [0, 0.1) is 0 Å². The molecular weight excluding hydrogens is 288 g/mol. The zero-order valence-electron chi connectivity index (χ0n) is 13.1. The van der Waals surface area contributed by atoms with Crippen molar-refractivity contribution in [2.75, 3.05) is 12.4 Å². The van der Waals surface area contributed by atoms with Gasteiger partial charge in [-0.05, 0) is 23.8 Å². The van der Waals surface area contributed by atoms with Gasteiger partial charge in [-0.2, -0.15) is 0 Å². The summed E-state index contributed by atoms with van der Waals surface area (Å²) in [4.78, 5) is 14.9. The van der Waals surface area contributed by atoms with Gasteiger partial charge in [0.1, 0.15) is 5.75 Å². The predicted molar refractivity (Wildman–Crippen MR) is 93.7 cm³/mol. The summed E-state index contributed by atoms with van der Waals surface area (Å²) < 4.78 is 5.27. The van der Waals surface area contributed by atoms with Crippen molar-refractivity contribution in [1.29, 1.82) is 0 Å². The number of fused-ring (bicyclic) bond motifs is 1. The fourth-order valence-corrected chi connectivity index (χ4v) is 2.63. The van der Waals surface area contributed by atoms with Crippen LogP contribution in [0.3, 0.4) is 0 Å². The summed E-state index contributed by atoms with van der Waals surface area (Å²) in [6.45, 7) is 5.70. The minimum absolute atomic E-state index is 0.116. The summed E-state index contributed by atoms with van der Waals surface area (Å²) in [5.41, 5.74) is 4.23. The molecular formula is C19H18N2O2. The van der Waals surface area contributed by atoms with Crippen LogP contribution < -0.4 is 10.1 Å². The van der Waals surface area contributed by atoms with Crippen LogP contribution in [-0.4, -0.2) is 18.0 Å². The Morgan fingerprint density at radius 1 is 1.17 bits per heavy atom. The van der Waals surface area contributed by atoms with E-state index in [0.29, 0.717) is 0 Å². The number of anilines is 1. The summed E-state index contributed by atoms with van der Waals surface area (Å²) in [6.07, 6.45) is 0. The number of H-pyrrole nitrogens is 1. The van der Waals surface area contributed by atoms with Gasteiger partial charge in [0.2, 0.25) is 5.91 Å². The molecule has 2 aromatic carbocycles. The Kier molecular flexibility index (Phi) is 3.89. The Balaban J connectivity index is 2.14. The number of nitrogens with one attached hydrogen (secondary N) is 2. The van der Waals surface area contributed by atoms with Crippen LogP contribution in [0.1, 0.15) is 18.2 Å². The SMILES string of the molecule is C=C(c1cccc(OC)c1)c1[nH]c2ccccc2c1NC(C)=O. The molecule has 0 bridgehead atoms. The molecule has 0 saturated carbocycles. The Hall–Kier alpha value is -3.01. The monoisotopic (exact) mass is 306 g/mol. The lowest BCUT2D eigenvalue weighted by Gasteiger charge is -2.10. The first kappa shape index (κ1) is 14.9. The first-order valence-electron chi connectivity index (χ1n) is 7.32. The van der Waals surface area contributed by atoms with Crippen molar-refractivity contribution in [3.05, 3.63) is 66.4 Å². The van der Waals surface area contributed by atoms with Crippen molar-refractivity contribution in [3.8, 4) is 5.75 Å². The topological polar surface area (TPSA) is 54.1 Å². The molecule has 4 heteroatoms. The number of para-hydroxylation sites is 1. The summed E-state index contributed by atoms with van der Waals surface area (Å²) in [5.74, 6) is 0.648. The van der Waals surface area contributed by atoms with Gasteiger partial charge in [-0.15, -0.1) is 0 Å². The molecule has 0 spiro atoms. The maximum absolute atomic E-state index is 11.6. The number of amides is 1. The number of carbonyl (C=O) groups excluding carboxylic acids is 1. The number of carbonyl (C=O) groups is 1. The highest BCUT2D eigenvalue weighted by Crippen LogP contribution is 2.35. The third kappa shape index (κ3) is 2.83. The van der Waals surface area contributed by atoms with Gasteiger partial charge in [0.05, 0.1) is 18.5 Å². The highest BCUT2D eigenvalue weighted by atomic mass is 16.5. The fraction of sp³-hybridized carbons (Fsp3) is 0.105. The Morgan fingerprint density at radius 2 is 1.96 bits per heavy atom. The van der Waals surface area contributed by atoms with Crippen molar-refractivity contribution in [1.82, 2.24) is 4.98 Å². The van der Waals surface area contributed by atoms with E-state index in [1.807, 2.05) is 48.5 Å². The minimum atomic E-state index is -0.116. The number of hydrogen-bond donors (Lipinski definition) is 2. The molecule has 0 aliphatic carbocycles. The second-order valence-corrected chi connectivity index (χ2v) is 5.31. The lowest BCUT2D eigenvalue weighted by Crippen LogP contribution is -2.07. The Bertz CT molecular complexity index is 893. The second-order valence-electron chi connectivity index (χ2n) is 5.31. The van der Waals surface area contributed by atoms with Gasteiger partial charge in [0, 0.05) is 23.4 Å². The van der Waals surface area contributed by atoms with Crippen molar-refractivity contribution in [3.63, 3.8) is 0 Å². The van der Waals surface area contributed by atoms with E-state index in [4.69, 9.17) is 4.74 Å². The lowest BCUT2D eigenvalue weighted by molar-refractivity contribution is -0.114. The average Bonchev–Trinajstić information content (AvgIpc) is 2.92. The van der Waals surface area contributed by atoms with E-state index in [1.165, 1.54) is 6.92 Å². The van der Waals surface area contributed by atoms with Gasteiger partial charge < -0.3 is 15.0 Å². The predicted octanol–water partition coefficient (Wildman–Crippen LogP) is 4.20. The Labute approximate surface area is 134 Å². The van der Waals surface area contributed by atoms with E-state index in [2.05, 4.69) is 16.9 Å². The van der Waals surface area contributed by atoms with Crippen molar-refractivity contribution in [2.24, 2.45) is 0 Å². The van der Waals surface area contributed by atoms with E-state index in [-0.39, 0.29) is 5.91 Å². The molecule has 3 aromatic rings. The molecule has 4 nitrogen and oxygen atoms in total. The molecule has 0 unspecified atom stereocenters. The zero-order chi connectivity index (χ0) is 16.4. The van der Waals surface area contributed by atoms with Crippen LogP contribution in [0.5, 0.6) is 5.75 Å². The van der Waals surface area contributed by atoms with Crippen LogP contribution in [0.15, 0.2) is 55.1 Å². The number of methoxy groups -OCH3 is 1. The molecule has 0 atom stereocenters. The highest BCUT2D eigenvalue weighted by molar-refractivity contribution is 6.06. The van der Waals surface area contributed by atoms with E-state index >= 15 is 0 Å². The van der Waals surface area contributed by atoms with E-state index in [0.717, 1.165) is 39.2 Å². The van der Waals surface area contributed by atoms with Crippen LogP contribution in [0.4, 0.5) is 5.69 Å². The molecule has 116 valence electrons. The molecule has 0 radical (unpaired) electrons. The summed E-state index contributed by atoms with van der Waals surface area (Å²) in [7, 11) is 1.63. The number of hydrogen-bond acceptors (Lipinski definition) is 2. The zero-order valence-corrected chi connectivity index (χ0v) is 13.1. The van der Waals surface area contributed by atoms with Gasteiger partial charge in [-0.25, -0.2) is 0 Å². The van der Waals surface area contributed by atoms with Crippen molar-refractivity contribution < 1.29 is 9.53 Å². The number of aromatic amines is 1. The molecule has 3 rings (SSSR count). The van der Waals surface area contributed by atoms with Crippen LogP contribution in [-0.2, 0) is 4.79 Å². The third-order valence-electron chi connectivity index (χ3n) is 3.73. The van der Waals surface area contributed by atoms with Crippen LogP contribution in [0.25, 0.3) is 16.5 Å². The van der Waals surface area contributed by atoms with Crippen LogP contribution >= 0.6 is 0 Å². The standard InChI is InChI=1S/C19H18N2O2/c1-12(14-7-6-8-15(11-14)23-3)18-19(20-13(2)22)16-9-4-5-10-17(16)21-18/h4-11,21H,1H2,2-3H3,(H,20,22). The Morgan fingerprint density at radius 3 is 2.70 bits per heavy atom. The largest absolute Gasteiger partial charge is 0.497 e. The van der Waals surface area contributed by atoms with Gasteiger partial charge in [0.25, 0.3) is 0 Å². The average molecular weight is 306 g/mol. The van der Waals surface area contributed by atoms with E-state index in [1.54, 1.807) is 7.11 Å². The summed E-state index contributed by atoms with van der Waals surface area (Å²) in [6, 6.07) is 15.5. The highest BCUT2D eigenvalue weighted by Gasteiger charge is 2.16. The number of aromatic nitrogens is 1. The molecule has 0 aliphatic heterocycles. The van der Waals surface area contributed by atoms with Gasteiger partial charge >= 0.3 is 0 Å². The maximum Gasteiger partial charge on any atom is 0.221 e. The molecule has 0 saturated heterocycles. The molecule has 0 fully saturated rings. The molecule has 23 heavy (non-hydrogen) atoms. The minimum Gasteiger partial charge on any atom is -0.497 e. The number of benzene rings is 2. The fourth-order valence-electron chi connectivity index (χ4n) is 2.63. The quantitative estimate of drug-likeness (QED) is 0.759. The number of ether oxygens (including phenoxy) is 1. The molecule has 1 aromatic heterocycles. The van der Waals surface area contributed by atoms with E-state index in [9.17, 15) is 4.79 Å². The molecule has 2 N–H and O–H groups in total. The lowest BCUT2D eigenvalue weighted by atomic mass is 10.0.